The molecule has 0 radical (unpaired) electrons. The molecule has 0 saturated carbocycles. The maximum Gasteiger partial charge on any atom is 0.0358 e. The van der Waals surface area contributed by atoms with Gasteiger partial charge in [0.15, 0.2) is 0 Å². The molecule has 0 aromatic heterocycles. The minimum atomic E-state index is 0. The van der Waals surface area contributed by atoms with Crippen LogP contribution in [0.5, 0.6) is 0 Å². The Morgan fingerprint density at radius 1 is 1.00 bits per heavy atom. The Morgan fingerprint density at radius 3 is 1.82 bits per heavy atom. The molecular formula is C8H13ClN2. The largest absolute Gasteiger partial charge is 0.388 e. The summed E-state index contributed by atoms with van der Waals surface area (Å²) in [5.41, 5.74) is 2.26. The van der Waals surface area contributed by atoms with E-state index in [1.807, 2.05) is 32.3 Å². The predicted octanol–water partition coefficient (Wildman–Crippen LogP) is 2.19. The van der Waals surface area contributed by atoms with Gasteiger partial charge in [0.2, 0.25) is 0 Å². The molecule has 2 nitrogen and oxygen atoms in total. The second-order valence-corrected chi connectivity index (χ2v) is 2.08. The van der Waals surface area contributed by atoms with E-state index in [-0.39, 0.29) is 12.4 Å². The summed E-state index contributed by atoms with van der Waals surface area (Å²) in [4.78, 5) is 0. The summed E-state index contributed by atoms with van der Waals surface area (Å²) in [6.07, 6.45) is 0. The smallest absolute Gasteiger partial charge is 0.0358 e. The Balaban J connectivity index is 0.000001000. The summed E-state index contributed by atoms with van der Waals surface area (Å²) in [5, 5.41) is 6.12. The quantitative estimate of drug-likeness (QED) is 0.715. The lowest BCUT2D eigenvalue weighted by Gasteiger charge is -2.02. The summed E-state index contributed by atoms with van der Waals surface area (Å²) >= 11 is 0. The molecule has 1 aromatic rings. The van der Waals surface area contributed by atoms with E-state index >= 15 is 0 Å². The van der Waals surface area contributed by atoms with Gasteiger partial charge in [0, 0.05) is 25.5 Å². The Bertz CT molecular complexity index is 194. The number of rotatable bonds is 2. The molecule has 0 aliphatic heterocycles. The first kappa shape index (κ1) is 10.1. The van der Waals surface area contributed by atoms with E-state index in [0.29, 0.717) is 0 Å². The Labute approximate surface area is 73.4 Å². The number of anilines is 2. The first-order chi connectivity index (χ1) is 4.86. The molecule has 3 heteroatoms. The number of nitrogens with one attached hydrogen (secondary N) is 2. The predicted molar refractivity (Wildman–Crippen MR) is 52.8 cm³/mol. The van der Waals surface area contributed by atoms with Crippen LogP contribution >= 0.6 is 12.4 Å². The maximum atomic E-state index is 3.06. The van der Waals surface area contributed by atoms with Gasteiger partial charge < -0.3 is 10.6 Å². The van der Waals surface area contributed by atoms with Crippen molar-refractivity contribution in [2.45, 2.75) is 0 Å². The van der Waals surface area contributed by atoms with Gasteiger partial charge in [0.05, 0.1) is 0 Å². The molecule has 0 heterocycles. The van der Waals surface area contributed by atoms with Gasteiger partial charge in [-0.1, -0.05) is 6.07 Å². The third kappa shape index (κ3) is 2.68. The maximum absolute atomic E-state index is 3.06. The van der Waals surface area contributed by atoms with Gasteiger partial charge in [0.1, 0.15) is 0 Å². The fourth-order valence-electron chi connectivity index (χ4n) is 0.830. The zero-order valence-corrected chi connectivity index (χ0v) is 7.53. The second-order valence-electron chi connectivity index (χ2n) is 2.08. The average Bonchev–Trinajstić information content (AvgIpc) is 2.05. The highest BCUT2D eigenvalue weighted by molar-refractivity contribution is 5.85. The van der Waals surface area contributed by atoms with Crippen LogP contribution in [0.3, 0.4) is 0 Å². The lowest BCUT2D eigenvalue weighted by Crippen LogP contribution is -1.90. The molecule has 0 spiro atoms. The van der Waals surface area contributed by atoms with Gasteiger partial charge >= 0.3 is 0 Å². The van der Waals surface area contributed by atoms with E-state index in [4.69, 9.17) is 0 Å². The van der Waals surface area contributed by atoms with Gasteiger partial charge in [-0.25, -0.2) is 0 Å². The normalized spacial score (nSPS) is 8.18. The highest BCUT2D eigenvalue weighted by Gasteiger charge is 1.88. The van der Waals surface area contributed by atoms with Crippen LogP contribution < -0.4 is 10.6 Å². The van der Waals surface area contributed by atoms with Crippen LogP contribution in [-0.4, -0.2) is 14.1 Å². The minimum absolute atomic E-state index is 0. The number of benzene rings is 1. The SMILES string of the molecule is CNc1cccc(NC)c1.Cl. The molecule has 0 bridgehead atoms. The number of halogens is 1. The van der Waals surface area contributed by atoms with Gasteiger partial charge in [-0.3, -0.25) is 0 Å². The van der Waals surface area contributed by atoms with Crippen molar-refractivity contribution < 1.29 is 0 Å². The summed E-state index contributed by atoms with van der Waals surface area (Å²) in [7, 11) is 3.82. The molecule has 62 valence electrons. The van der Waals surface area contributed by atoms with Crippen LogP contribution in [0.1, 0.15) is 0 Å². The summed E-state index contributed by atoms with van der Waals surface area (Å²) in [6, 6.07) is 8.12. The zero-order chi connectivity index (χ0) is 7.40. The third-order valence-corrected chi connectivity index (χ3v) is 1.44. The van der Waals surface area contributed by atoms with Crippen LogP contribution in [0.25, 0.3) is 0 Å². The standard InChI is InChI=1S/C8H12N2.ClH/c1-9-7-4-3-5-8(6-7)10-2;/h3-6,9-10H,1-2H3;1H. The molecule has 0 fully saturated rings. The highest BCUT2D eigenvalue weighted by Crippen LogP contribution is 2.12. The molecule has 0 amide bonds. The van der Waals surface area contributed by atoms with Crippen molar-refractivity contribution in [2.75, 3.05) is 24.7 Å². The molecule has 0 aliphatic rings. The van der Waals surface area contributed by atoms with E-state index in [2.05, 4.69) is 16.7 Å². The average molecular weight is 173 g/mol. The molecule has 0 saturated heterocycles. The van der Waals surface area contributed by atoms with Crippen molar-refractivity contribution >= 4 is 23.8 Å². The third-order valence-electron chi connectivity index (χ3n) is 1.44. The van der Waals surface area contributed by atoms with Gasteiger partial charge in [-0.2, -0.15) is 0 Å². The number of hydrogen-bond acceptors (Lipinski definition) is 2. The Kier molecular flexibility index (Phi) is 4.46. The molecular weight excluding hydrogens is 160 g/mol. The first-order valence-corrected chi connectivity index (χ1v) is 3.32. The second kappa shape index (κ2) is 4.85. The molecule has 0 unspecified atom stereocenters. The van der Waals surface area contributed by atoms with Gasteiger partial charge in [0.25, 0.3) is 0 Å². The van der Waals surface area contributed by atoms with Crippen molar-refractivity contribution in [3.05, 3.63) is 24.3 Å². The molecule has 11 heavy (non-hydrogen) atoms. The Hall–Kier alpha value is -0.890. The van der Waals surface area contributed by atoms with Gasteiger partial charge in [-0.05, 0) is 18.2 Å². The van der Waals surface area contributed by atoms with Crippen LogP contribution in [0.15, 0.2) is 24.3 Å². The summed E-state index contributed by atoms with van der Waals surface area (Å²) < 4.78 is 0. The Morgan fingerprint density at radius 2 is 1.45 bits per heavy atom. The molecule has 0 atom stereocenters. The molecule has 1 rings (SSSR count). The molecule has 1 aromatic carbocycles. The van der Waals surface area contributed by atoms with Crippen LogP contribution in [-0.2, 0) is 0 Å². The fourth-order valence-corrected chi connectivity index (χ4v) is 0.830. The highest BCUT2D eigenvalue weighted by atomic mass is 35.5. The van der Waals surface area contributed by atoms with Crippen LogP contribution in [0, 0.1) is 0 Å². The van der Waals surface area contributed by atoms with E-state index in [1.54, 1.807) is 0 Å². The number of hydrogen-bond donors (Lipinski definition) is 2. The van der Waals surface area contributed by atoms with E-state index in [0.717, 1.165) is 11.4 Å². The summed E-state index contributed by atoms with van der Waals surface area (Å²) in [5.74, 6) is 0. The van der Waals surface area contributed by atoms with Crippen molar-refractivity contribution in [1.29, 1.82) is 0 Å². The monoisotopic (exact) mass is 172 g/mol. The fraction of sp³-hybridized carbons (Fsp3) is 0.250. The van der Waals surface area contributed by atoms with Crippen molar-refractivity contribution in [1.82, 2.24) is 0 Å². The van der Waals surface area contributed by atoms with E-state index < -0.39 is 0 Å². The van der Waals surface area contributed by atoms with Crippen molar-refractivity contribution in [2.24, 2.45) is 0 Å². The topological polar surface area (TPSA) is 24.1 Å². The summed E-state index contributed by atoms with van der Waals surface area (Å²) in [6.45, 7) is 0. The lowest BCUT2D eigenvalue weighted by molar-refractivity contribution is 1.47. The van der Waals surface area contributed by atoms with Gasteiger partial charge in [-0.15, -0.1) is 12.4 Å². The van der Waals surface area contributed by atoms with E-state index in [9.17, 15) is 0 Å². The van der Waals surface area contributed by atoms with Crippen LogP contribution in [0.2, 0.25) is 0 Å². The zero-order valence-electron chi connectivity index (χ0n) is 6.72. The lowest BCUT2D eigenvalue weighted by atomic mass is 10.3. The van der Waals surface area contributed by atoms with Crippen molar-refractivity contribution in [3.8, 4) is 0 Å². The van der Waals surface area contributed by atoms with E-state index in [1.165, 1.54) is 0 Å². The molecule has 0 aliphatic carbocycles. The van der Waals surface area contributed by atoms with Crippen LogP contribution in [0.4, 0.5) is 11.4 Å². The first-order valence-electron chi connectivity index (χ1n) is 3.32. The minimum Gasteiger partial charge on any atom is -0.388 e. The molecule has 2 N–H and O–H groups in total. The van der Waals surface area contributed by atoms with Crippen molar-refractivity contribution in [3.63, 3.8) is 0 Å².